The van der Waals surface area contributed by atoms with Crippen molar-refractivity contribution in [2.45, 2.75) is 83.7 Å². The predicted molar refractivity (Wildman–Crippen MR) is 84.7 cm³/mol. The summed E-state index contributed by atoms with van der Waals surface area (Å²) < 4.78 is 0. The molecular weight excluding hydrogens is 246 g/mol. The van der Waals surface area contributed by atoms with Crippen LogP contribution in [0.1, 0.15) is 72.1 Å². The topological polar surface area (TPSA) is 41.6 Å². The maximum Gasteiger partial charge on any atom is 0.192 e. The molecule has 0 aromatic carbocycles. The highest BCUT2D eigenvalue weighted by Gasteiger charge is 2.54. The molecule has 2 atom stereocenters. The summed E-state index contributed by atoms with van der Waals surface area (Å²) in [4.78, 5) is 7.32. The van der Waals surface area contributed by atoms with Gasteiger partial charge in [0.1, 0.15) is 0 Å². The Kier molecular flexibility index (Phi) is 3.50. The van der Waals surface area contributed by atoms with Crippen molar-refractivity contribution < 1.29 is 0 Å². The highest BCUT2D eigenvalue weighted by atomic mass is 15.4. The summed E-state index contributed by atoms with van der Waals surface area (Å²) in [5, 5.41) is 0. The second kappa shape index (κ2) is 4.92. The molecule has 20 heavy (non-hydrogen) atoms. The van der Waals surface area contributed by atoms with Crippen LogP contribution in [0.2, 0.25) is 0 Å². The molecule has 0 aromatic heterocycles. The van der Waals surface area contributed by atoms with Crippen LogP contribution in [0.5, 0.6) is 0 Å². The lowest BCUT2D eigenvalue weighted by Gasteiger charge is -2.54. The van der Waals surface area contributed by atoms with Crippen LogP contribution in [0, 0.1) is 11.3 Å². The van der Waals surface area contributed by atoms with E-state index in [0.717, 1.165) is 12.5 Å². The molecule has 2 saturated carbocycles. The molecule has 0 saturated heterocycles. The van der Waals surface area contributed by atoms with E-state index in [1.165, 1.54) is 51.4 Å². The average molecular weight is 277 g/mol. The first-order chi connectivity index (χ1) is 9.45. The molecule has 1 spiro atoms. The summed E-state index contributed by atoms with van der Waals surface area (Å²) in [6.07, 6.45) is 10.7. The van der Waals surface area contributed by atoms with Crippen molar-refractivity contribution in [3.63, 3.8) is 0 Å². The minimum Gasteiger partial charge on any atom is -0.370 e. The highest BCUT2D eigenvalue weighted by Crippen LogP contribution is 2.51. The molecular formula is C17H31N3. The lowest BCUT2D eigenvalue weighted by molar-refractivity contribution is -0.0107. The molecule has 0 bridgehead atoms. The normalized spacial score (nSPS) is 35.9. The van der Waals surface area contributed by atoms with E-state index in [1.54, 1.807) is 0 Å². The fourth-order valence-electron chi connectivity index (χ4n) is 5.25. The lowest BCUT2D eigenvalue weighted by Crippen LogP contribution is -2.62. The number of aliphatic imine (C=N–C) groups is 1. The molecule has 114 valence electrons. The van der Waals surface area contributed by atoms with Crippen molar-refractivity contribution in [3.8, 4) is 0 Å². The molecule has 0 amide bonds. The van der Waals surface area contributed by atoms with Gasteiger partial charge >= 0.3 is 0 Å². The Labute approximate surface area is 124 Å². The monoisotopic (exact) mass is 277 g/mol. The third-order valence-electron chi connectivity index (χ3n) is 5.98. The minimum absolute atomic E-state index is 0.232. The third-order valence-corrected chi connectivity index (χ3v) is 5.98. The molecule has 2 N–H and O–H groups in total. The highest BCUT2D eigenvalue weighted by molar-refractivity contribution is 5.81. The fourth-order valence-corrected chi connectivity index (χ4v) is 5.25. The Balaban J connectivity index is 1.95. The van der Waals surface area contributed by atoms with Crippen molar-refractivity contribution in [2.24, 2.45) is 22.1 Å². The smallest absolute Gasteiger partial charge is 0.192 e. The van der Waals surface area contributed by atoms with Crippen LogP contribution >= 0.6 is 0 Å². The van der Waals surface area contributed by atoms with E-state index in [-0.39, 0.29) is 5.54 Å². The Hall–Kier alpha value is -0.730. The van der Waals surface area contributed by atoms with Gasteiger partial charge in [0.25, 0.3) is 0 Å². The van der Waals surface area contributed by atoms with Gasteiger partial charge in [-0.3, -0.25) is 4.99 Å². The SMILES string of the molecule is CC(C)(C)C1CCCCC12CN=C(N)N2C1CCCC1. The van der Waals surface area contributed by atoms with E-state index in [9.17, 15) is 0 Å². The Morgan fingerprint density at radius 2 is 1.75 bits per heavy atom. The average Bonchev–Trinajstić information content (AvgIpc) is 2.98. The van der Waals surface area contributed by atoms with Crippen molar-refractivity contribution in [3.05, 3.63) is 0 Å². The standard InChI is InChI=1S/C17H31N3/c1-16(2,3)14-10-6-7-11-17(14)12-19-15(18)20(17)13-8-4-5-9-13/h13-14H,4-12H2,1-3H3,(H2,18,19). The third kappa shape index (κ3) is 2.14. The number of hydrogen-bond donors (Lipinski definition) is 1. The van der Waals surface area contributed by atoms with E-state index < -0.39 is 0 Å². The molecule has 3 nitrogen and oxygen atoms in total. The number of rotatable bonds is 1. The summed E-state index contributed by atoms with van der Waals surface area (Å²) in [5.74, 6) is 1.56. The molecule has 0 aromatic rings. The lowest BCUT2D eigenvalue weighted by atomic mass is 9.61. The first-order valence-corrected chi connectivity index (χ1v) is 8.54. The van der Waals surface area contributed by atoms with Gasteiger partial charge in [0.05, 0.1) is 12.1 Å². The summed E-state index contributed by atoms with van der Waals surface area (Å²) >= 11 is 0. The molecule has 3 aliphatic rings. The van der Waals surface area contributed by atoms with Crippen molar-refractivity contribution in [1.29, 1.82) is 0 Å². The molecule has 2 aliphatic carbocycles. The molecule has 1 heterocycles. The van der Waals surface area contributed by atoms with Gasteiger partial charge in [-0.1, -0.05) is 46.5 Å². The Morgan fingerprint density at radius 1 is 1.10 bits per heavy atom. The maximum atomic E-state index is 6.35. The number of nitrogens with zero attached hydrogens (tertiary/aromatic N) is 2. The van der Waals surface area contributed by atoms with Gasteiger partial charge in [-0.2, -0.15) is 0 Å². The Bertz CT molecular complexity index is 390. The zero-order valence-corrected chi connectivity index (χ0v) is 13.5. The summed E-state index contributed by atoms with van der Waals surface area (Å²) in [6, 6.07) is 0.657. The maximum absolute atomic E-state index is 6.35. The van der Waals surface area contributed by atoms with Gasteiger partial charge in [-0.25, -0.2) is 0 Å². The van der Waals surface area contributed by atoms with Crippen molar-refractivity contribution in [2.75, 3.05) is 6.54 Å². The second-order valence-corrected chi connectivity index (χ2v) is 8.25. The van der Waals surface area contributed by atoms with Crippen molar-refractivity contribution in [1.82, 2.24) is 4.90 Å². The molecule has 3 rings (SSSR count). The van der Waals surface area contributed by atoms with Crippen LogP contribution in [0.15, 0.2) is 4.99 Å². The minimum atomic E-state index is 0.232. The van der Waals surface area contributed by atoms with Crippen molar-refractivity contribution >= 4 is 5.96 Å². The van der Waals surface area contributed by atoms with E-state index in [4.69, 9.17) is 10.7 Å². The zero-order chi connectivity index (χ0) is 14.4. The van der Waals surface area contributed by atoms with Gasteiger partial charge in [-0.15, -0.1) is 0 Å². The second-order valence-electron chi connectivity index (χ2n) is 8.25. The first kappa shape index (κ1) is 14.2. The van der Waals surface area contributed by atoms with E-state index in [1.807, 2.05) is 0 Å². The summed E-state index contributed by atoms with van der Waals surface area (Å²) in [6.45, 7) is 8.17. The molecule has 1 aliphatic heterocycles. The number of nitrogens with two attached hydrogens (primary N) is 1. The number of guanidine groups is 1. The summed E-state index contributed by atoms with van der Waals surface area (Å²) in [7, 11) is 0. The van der Waals surface area contributed by atoms with Gasteiger partial charge in [0.2, 0.25) is 0 Å². The summed E-state index contributed by atoms with van der Waals surface area (Å²) in [5.41, 5.74) is 6.92. The largest absolute Gasteiger partial charge is 0.370 e. The van der Waals surface area contributed by atoms with Gasteiger partial charge in [0.15, 0.2) is 5.96 Å². The molecule has 2 fully saturated rings. The zero-order valence-electron chi connectivity index (χ0n) is 13.5. The van der Waals surface area contributed by atoms with Crippen LogP contribution in [-0.2, 0) is 0 Å². The van der Waals surface area contributed by atoms with Crippen LogP contribution in [0.4, 0.5) is 0 Å². The van der Waals surface area contributed by atoms with Crippen LogP contribution in [-0.4, -0.2) is 29.0 Å². The predicted octanol–water partition coefficient (Wildman–Crippen LogP) is 3.53. The van der Waals surface area contributed by atoms with E-state index in [2.05, 4.69) is 25.7 Å². The quantitative estimate of drug-likeness (QED) is 0.796. The molecule has 2 unspecified atom stereocenters. The van der Waals surface area contributed by atoms with E-state index in [0.29, 0.717) is 17.4 Å². The van der Waals surface area contributed by atoms with Gasteiger partial charge in [-0.05, 0) is 37.0 Å². The molecule has 0 radical (unpaired) electrons. The number of hydrogen-bond acceptors (Lipinski definition) is 3. The van der Waals surface area contributed by atoms with Gasteiger partial charge < -0.3 is 10.6 Å². The van der Waals surface area contributed by atoms with Gasteiger partial charge in [0, 0.05) is 6.04 Å². The fraction of sp³-hybridized carbons (Fsp3) is 0.941. The first-order valence-electron chi connectivity index (χ1n) is 8.54. The van der Waals surface area contributed by atoms with E-state index >= 15 is 0 Å². The van der Waals surface area contributed by atoms with Crippen LogP contribution in [0.3, 0.4) is 0 Å². The Morgan fingerprint density at radius 3 is 2.40 bits per heavy atom. The van der Waals surface area contributed by atoms with Crippen LogP contribution < -0.4 is 5.73 Å². The molecule has 3 heteroatoms. The van der Waals surface area contributed by atoms with Crippen LogP contribution in [0.25, 0.3) is 0 Å².